The monoisotopic (exact) mass is 388 g/mol. The van der Waals surface area contributed by atoms with Crippen molar-refractivity contribution in [3.63, 3.8) is 0 Å². The van der Waals surface area contributed by atoms with E-state index >= 15 is 0 Å². The average molecular weight is 388 g/mol. The van der Waals surface area contributed by atoms with Gasteiger partial charge in [0.1, 0.15) is 17.6 Å². The molecular weight excluding hydrogens is 374 g/mol. The van der Waals surface area contributed by atoms with Crippen molar-refractivity contribution in [3.8, 4) is 22.6 Å². The van der Waals surface area contributed by atoms with E-state index < -0.39 is 11.9 Å². The number of tetrazole rings is 1. The van der Waals surface area contributed by atoms with E-state index in [0.29, 0.717) is 34.9 Å². The lowest BCUT2D eigenvalue weighted by Gasteiger charge is -2.14. The van der Waals surface area contributed by atoms with E-state index in [-0.39, 0.29) is 12.7 Å². The van der Waals surface area contributed by atoms with Crippen LogP contribution in [0.2, 0.25) is 0 Å². The molecule has 0 radical (unpaired) electrons. The molecule has 0 aliphatic carbocycles. The minimum Gasteiger partial charge on any atom is -0.441 e. The van der Waals surface area contributed by atoms with Crippen molar-refractivity contribution >= 4 is 21.2 Å². The number of cyclic esters (lactones) is 1. The number of hydrogen-bond donors (Lipinski definition) is 1. The van der Waals surface area contributed by atoms with E-state index in [9.17, 15) is 9.18 Å². The fourth-order valence-corrected chi connectivity index (χ4v) is 3.00. The Balaban J connectivity index is 1.56. The van der Waals surface area contributed by atoms with Gasteiger partial charge in [-0.2, -0.15) is 5.21 Å². The molecule has 1 aromatic carbocycles. The molecule has 1 saturated heterocycles. The number of nitrogens with one attached hydrogen (secondary N) is 1. The van der Waals surface area contributed by atoms with Crippen LogP contribution in [0.3, 0.4) is 0 Å². The Labute approximate surface area is 155 Å². The number of carbonyl (C=O) groups is 1. The number of pyridine rings is 1. The fraction of sp³-hybridized carbons (Fsp3) is 0.188. The summed E-state index contributed by atoms with van der Waals surface area (Å²) in [4.78, 5) is 17.6. The number of ether oxygens (including phenoxy) is 1. The van der Waals surface area contributed by atoms with Gasteiger partial charge in [0.2, 0.25) is 5.82 Å². The van der Waals surface area contributed by atoms with Crippen LogP contribution >= 0.6 is 9.47 Å². The van der Waals surface area contributed by atoms with E-state index in [4.69, 9.17) is 9.26 Å². The van der Waals surface area contributed by atoms with Crippen LogP contribution in [0.4, 0.5) is 14.9 Å². The van der Waals surface area contributed by atoms with Gasteiger partial charge in [-0.25, -0.2) is 9.18 Å². The number of amides is 1. The molecule has 11 heteroatoms. The third kappa shape index (κ3) is 3.49. The highest BCUT2D eigenvalue weighted by atomic mass is 31.0. The molecule has 1 aliphatic heterocycles. The topological polar surface area (TPSA) is 106 Å². The van der Waals surface area contributed by atoms with Crippen LogP contribution in [0.25, 0.3) is 22.6 Å². The smallest absolute Gasteiger partial charge is 0.414 e. The first-order chi connectivity index (χ1) is 13.2. The van der Waals surface area contributed by atoms with Gasteiger partial charge in [-0.3, -0.25) is 9.88 Å². The number of halogens is 1. The van der Waals surface area contributed by atoms with E-state index in [1.165, 1.54) is 17.2 Å². The van der Waals surface area contributed by atoms with Crippen LogP contribution in [0.5, 0.6) is 0 Å². The van der Waals surface area contributed by atoms with Gasteiger partial charge in [-0.1, -0.05) is 6.07 Å². The molecule has 1 aliphatic rings. The number of carbonyl (C=O) groups excluding carboxylic acids is 1. The third-order valence-electron chi connectivity index (χ3n) is 4.07. The van der Waals surface area contributed by atoms with Crippen LogP contribution in [-0.2, 0) is 9.26 Å². The molecule has 4 rings (SSSR count). The molecule has 1 N–H and O–H groups in total. The quantitative estimate of drug-likeness (QED) is 0.668. The van der Waals surface area contributed by atoms with Gasteiger partial charge in [-0.05, 0) is 29.5 Å². The Kier molecular flexibility index (Phi) is 4.74. The van der Waals surface area contributed by atoms with Crippen molar-refractivity contribution in [2.24, 2.45) is 0 Å². The molecule has 9 nitrogen and oxygen atoms in total. The van der Waals surface area contributed by atoms with Crippen molar-refractivity contribution < 1.29 is 18.4 Å². The van der Waals surface area contributed by atoms with Gasteiger partial charge >= 0.3 is 6.09 Å². The van der Waals surface area contributed by atoms with Gasteiger partial charge in [-0.15, -0.1) is 10.2 Å². The molecular formula is C16H14FN6O3P. The molecule has 3 heterocycles. The minimum absolute atomic E-state index is 0.256. The van der Waals surface area contributed by atoms with Crippen molar-refractivity contribution in [2.45, 2.75) is 6.10 Å². The van der Waals surface area contributed by atoms with Gasteiger partial charge in [0, 0.05) is 26.8 Å². The summed E-state index contributed by atoms with van der Waals surface area (Å²) in [6.45, 7) is 0.554. The fourth-order valence-electron chi connectivity index (χ4n) is 2.79. The summed E-state index contributed by atoms with van der Waals surface area (Å²) in [5.74, 6) is -0.117. The second-order valence-corrected chi connectivity index (χ2v) is 6.11. The molecule has 2 atom stereocenters. The Morgan fingerprint density at radius 2 is 2.26 bits per heavy atom. The number of hydrogen-bond acceptors (Lipinski definition) is 7. The predicted octanol–water partition coefficient (Wildman–Crippen LogP) is 2.20. The first-order valence-electron chi connectivity index (χ1n) is 7.95. The summed E-state index contributed by atoms with van der Waals surface area (Å²) < 4.78 is 24.7. The van der Waals surface area contributed by atoms with Gasteiger partial charge < -0.3 is 9.26 Å². The molecule has 3 aromatic rings. The third-order valence-corrected chi connectivity index (χ3v) is 4.26. The lowest BCUT2D eigenvalue weighted by Crippen LogP contribution is -2.25. The highest BCUT2D eigenvalue weighted by molar-refractivity contribution is 7.09. The van der Waals surface area contributed by atoms with E-state index in [1.807, 2.05) is 0 Å². The summed E-state index contributed by atoms with van der Waals surface area (Å²) in [7, 11) is 2.11. The maximum absolute atomic E-state index is 14.7. The lowest BCUT2D eigenvalue weighted by atomic mass is 10.1. The standard InChI is InChI=1S/C16H14FN6O3P/c17-13-5-10(23-7-11(8-25-27)26-16(23)24)2-3-12(13)9-1-4-14(18-6-9)15-19-21-22-20-15/h1-6,11H,7-8,27H2,(H,19,20,21,22)/t11-/m1/s1. The Morgan fingerprint density at radius 3 is 2.93 bits per heavy atom. The molecule has 1 unspecified atom stereocenters. The molecule has 2 aromatic heterocycles. The minimum atomic E-state index is -0.527. The maximum atomic E-state index is 14.7. The van der Waals surface area contributed by atoms with Crippen LogP contribution in [-0.4, -0.2) is 51.0 Å². The molecule has 0 bridgehead atoms. The Hall–Kier alpha value is -2.97. The number of benzene rings is 1. The van der Waals surface area contributed by atoms with Crippen molar-refractivity contribution in [2.75, 3.05) is 18.1 Å². The zero-order valence-corrected chi connectivity index (χ0v) is 15.0. The van der Waals surface area contributed by atoms with Crippen LogP contribution < -0.4 is 4.90 Å². The normalized spacial score (nSPS) is 16.6. The highest BCUT2D eigenvalue weighted by Crippen LogP contribution is 2.29. The summed E-state index contributed by atoms with van der Waals surface area (Å²) in [6, 6.07) is 7.96. The summed E-state index contributed by atoms with van der Waals surface area (Å²) in [6.07, 6.45) is 0.611. The molecule has 1 amide bonds. The SMILES string of the molecule is O=C1O[C@@H](COP)CN1c1ccc(-c2ccc(-c3nn[nH]n3)nc2)c(F)c1. The number of aromatic nitrogens is 5. The number of anilines is 1. The molecule has 0 saturated carbocycles. The van der Waals surface area contributed by atoms with Crippen molar-refractivity contribution in [3.05, 3.63) is 42.3 Å². The first-order valence-corrected chi connectivity index (χ1v) is 8.42. The van der Waals surface area contributed by atoms with E-state index in [0.717, 1.165) is 0 Å². The van der Waals surface area contributed by atoms with E-state index in [2.05, 4.69) is 35.1 Å². The van der Waals surface area contributed by atoms with E-state index in [1.54, 1.807) is 24.3 Å². The second kappa shape index (κ2) is 7.34. The zero-order valence-electron chi connectivity index (χ0n) is 13.9. The summed E-state index contributed by atoms with van der Waals surface area (Å²) in [5, 5.41) is 13.5. The molecule has 1 fully saturated rings. The number of nitrogens with zero attached hydrogens (tertiary/aromatic N) is 5. The molecule has 138 valence electrons. The maximum Gasteiger partial charge on any atom is 0.414 e. The van der Waals surface area contributed by atoms with Gasteiger partial charge in [0.05, 0.1) is 18.8 Å². The summed E-state index contributed by atoms with van der Waals surface area (Å²) >= 11 is 0. The van der Waals surface area contributed by atoms with Gasteiger partial charge in [0.25, 0.3) is 0 Å². The second-order valence-electron chi connectivity index (χ2n) is 5.78. The van der Waals surface area contributed by atoms with Crippen LogP contribution in [0, 0.1) is 5.82 Å². The lowest BCUT2D eigenvalue weighted by molar-refractivity contribution is 0.112. The van der Waals surface area contributed by atoms with Crippen LogP contribution in [0.1, 0.15) is 0 Å². The highest BCUT2D eigenvalue weighted by Gasteiger charge is 2.32. The first kappa shape index (κ1) is 17.4. The number of aromatic amines is 1. The number of rotatable bonds is 5. The van der Waals surface area contributed by atoms with Crippen LogP contribution in [0.15, 0.2) is 36.5 Å². The van der Waals surface area contributed by atoms with Gasteiger partial charge in [0.15, 0.2) is 0 Å². The predicted molar refractivity (Wildman–Crippen MR) is 96.1 cm³/mol. The molecule has 0 spiro atoms. The Bertz CT molecular complexity index is 953. The molecule has 27 heavy (non-hydrogen) atoms. The zero-order chi connectivity index (χ0) is 18.8. The average Bonchev–Trinajstić information content (AvgIpc) is 3.32. The summed E-state index contributed by atoms with van der Waals surface area (Å²) in [5.41, 5.74) is 1.89. The Morgan fingerprint density at radius 1 is 1.37 bits per heavy atom. The largest absolute Gasteiger partial charge is 0.441 e. The van der Waals surface area contributed by atoms with Crippen molar-refractivity contribution in [1.29, 1.82) is 0 Å². The van der Waals surface area contributed by atoms with Crippen molar-refractivity contribution in [1.82, 2.24) is 25.6 Å². The number of H-pyrrole nitrogens is 1.